The maximum atomic E-state index is 6.67. The second-order valence-electron chi connectivity index (χ2n) is 1.54. The second kappa shape index (κ2) is 1.71. The van der Waals surface area contributed by atoms with Crippen molar-refractivity contribution < 1.29 is 0 Å². The summed E-state index contributed by atoms with van der Waals surface area (Å²) < 4.78 is 0. The number of hydrogen-bond acceptors (Lipinski definition) is 1. The molecule has 0 spiro atoms. The van der Waals surface area contributed by atoms with Gasteiger partial charge in [-0.15, -0.1) is 0 Å². The molecule has 39 valence electrons. The number of hydrogen-bond donors (Lipinski definition) is 1. The van der Waals surface area contributed by atoms with Crippen LogP contribution in [0.2, 0.25) is 0 Å². The van der Waals surface area contributed by atoms with Crippen molar-refractivity contribution in [2.45, 2.75) is 6.92 Å². The summed E-state index contributed by atoms with van der Waals surface area (Å²) in [6, 6.07) is 0. The van der Waals surface area contributed by atoms with Crippen molar-refractivity contribution in [2.24, 2.45) is 0 Å². The Balaban J connectivity index is 3.15. The Hall–Kier alpha value is -1.23. The van der Waals surface area contributed by atoms with E-state index < -0.39 is 0 Å². The smallest absolute Gasteiger partial charge is 0.138 e. The van der Waals surface area contributed by atoms with Gasteiger partial charge in [0.1, 0.15) is 5.69 Å². The van der Waals surface area contributed by atoms with Crippen molar-refractivity contribution in [1.82, 2.24) is 10.2 Å². The van der Waals surface area contributed by atoms with E-state index >= 15 is 0 Å². The molecule has 8 heavy (non-hydrogen) atoms. The van der Waals surface area contributed by atoms with E-state index in [0.717, 1.165) is 5.56 Å². The number of nitrogens with one attached hydrogen (secondary N) is 1. The van der Waals surface area contributed by atoms with Gasteiger partial charge in [-0.3, -0.25) is 5.10 Å². The fraction of sp³-hybridized carbons (Fsp3) is 0.167. The van der Waals surface area contributed by atoms with E-state index in [0.29, 0.717) is 5.69 Å². The minimum atomic E-state index is 0.588. The summed E-state index contributed by atoms with van der Waals surface area (Å²) >= 11 is 0. The highest BCUT2D eigenvalue weighted by Crippen LogP contribution is 1.97. The predicted molar refractivity (Wildman–Crippen MR) is 29.6 cm³/mol. The predicted octanol–water partition coefficient (Wildman–Crippen LogP) is 0.656. The van der Waals surface area contributed by atoms with E-state index in [1.54, 1.807) is 6.20 Å². The Kier molecular flexibility index (Phi) is 1.05. The average molecular weight is 105 g/mol. The van der Waals surface area contributed by atoms with Crippen LogP contribution in [0.25, 0.3) is 0 Å². The van der Waals surface area contributed by atoms with Crippen LogP contribution >= 0.6 is 0 Å². The first-order valence-corrected chi connectivity index (χ1v) is 2.27. The summed E-state index contributed by atoms with van der Waals surface area (Å²) in [5.41, 5.74) is 1.55. The van der Waals surface area contributed by atoms with Crippen LogP contribution < -0.4 is 0 Å². The van der Waals surface area contributed by atoms with E-state index in [1.165, 1.54) is 0 Å². The van der Waals surface area contributed by atoms with Gasteiger partial charge in [0, 0.05) is 11.8 Å². The van der Waals surface area contributed by atoms with Crippen molar-refractivity contribution in [3.63, 3.8) is 0 Å². The topological polar surface area (TPSA) is 28.7 Å². The zero-order valence-corrected chi connectivity index (χ0v) is 4.52. The molecule has 1 radical (unpaired) electrons. The third-order valence-electron chi connectivity index (χ3n) is 0.949. The molecule has 0 aromatic carbocycles. The normalized spacial score (nSPS) is 8.50. The highest BCUT2D eigenvalue weighted by Gasteiger charge is 1.92. The lowest BCUT2D eigenvalue weighted by Crippen LogP contribution is -1.73. The largest absolute Gasteiger partial charge is 0.284 e. The molecule has 1 heterocycles. The van der Waals surface area contributed by atoms with Crippen molar-refractivity contribution >= 4 is 0 Å². The Morgan fingerprint density at radius 1 is 1.88 bits per heavy atom. The summed E-state index contributed by atoms with van der Waals surface area (Å²) in [5.74, 6) is 2.18. The first-order chi connectivity index (χ1) is 3.84. The van der Waals surface area contributed by atoms with Crippen LogP contribution in [-0.4, -0.2) is 10.2 Å². The van der Waals surface area contributed by atoms with Gasteiger partial charge in [0.05, 0.1) is 0 Å². The molecule has 0 aliphatic carbocycles. The fourth-order valence-corrected chi connectivity index (χ4v) is 0.477. The SMILES string of the molecule is [C]#Cc1n[nH]cc1C. The van der Waals surface area contributed by atoms with Gasteiger partial charge >= 0.3 is 0 Å². The number of rotatable bonds is 0. The van der Waals surface area contributed by atoms with Crippen LogP contribution in [0.1, 0.15) is 11.3 Å². The van der Waals surface area contributed by atoms with E-state index in [2.05, 4.69) is 16.1 Å². The Morgan fingerprint density at radius 3 is 2.88 bits per heavy atom. The maximum absolute atomic E-state index is 6.67. The molecule has 0 unspecified atom stereocenters. The number of aryl methyl sites for hydroxylation is 1. The van der Waals surface area contributed by atoms with Crippen molar-refractivity contribution in [1.29, 1.82) is 0 Å². The van der Waals surface area contributed by atoms with Gasteiger partial charge in [-0.05, 0) is 19.3 Å². The summed E-state index contributed by atoms with van der Waals surface area (Å²) in [6.07, 6.45) is 8.40. The van der Waals surface area contributed by atoms with E-state index in [1.807, 2.05) is 6.92 Å². The zero-order valence-electron chi connectivity index (χ0n) is 4.52. The van der Waals surface area contributed by atoms with Gasteiger partial charge in [-0.1, -0.05) is 0 Å². The molecule has 0 saturated heterocycles. The van der Waals surface area contributed by atoms with E-state index in [4.69, 9.17) is 6.42 Å². The molecule has 0 amide bonds. The quantitative estimate of drug-likeness (QED) is 0.482. The van der Waals surface area contributed by atoms with Gasteiger partial charge in [0.2, 0.25) is 0 Å². The van der Waals surface area contributed by atoms with Crippen LogP contribution in [0.5, 0.6) is 0 Å². The number of nitrogens with zero attached hydrogens (tertiary/aromatic N) is 1. The Bertz CT molecular complexity index is 217. The van der Waals surface area contributed by atoms with E-state index in [9.17, 15) is 0 Å². The molecule has 0 fully saturated rings. The van der Waals surface area contributed by atoms with Gasteiger partial charge in [-0.25, -0.2) is 0 Å². The molecular weight excluding hydrogens is 100 g/mol. The van der Waals surface area contributed by atoms with Gasteiger partial charge in [0.25, 0.3) is 0 Å². The first kappa shape index (κ1) is 4.92. The molecule has 0 aliphatic heterocycles. The highest BCUT2D eigenvalue weighted by molar-refractivity contribution is 5.28. The number of aromatic amines is 1. The highest BCUT2D eigenvalue weighted by atomic mass is 15.1. The molecule has 0 saturated carbocycles. The third kappa shape index (κ3) is 0.584. The van der Waals surface area contributed by atoms with Gasteiger partial charge in [0.15, 0.2) is 0 Å². The Labute approximate surface area is 47.9 Å². The minimum Gasteiger partial charge on any atom is -0.284 e. The molecule has 0 aliphatic rings. The maximum Gasteiger partial charge on any atom is 0.138 e. The third-order valence-corrected chi connectivity index (χ3v) is 0.949. The van der Waals surface area contributed by atoms with Crippen molar-refractivity contribution in [3.05, 3.63) is 23.9 Å². The average Bonchev–Trinajstić information content (AvgIpc) is 2.14. The second-order valence-corrected chi connectivity index (χ2v) is 1.54. The molecule has 1 rings (SSSR count). The zero-order chi connectivity index (χ0) is 5.98. The molecule has 1 aromatic heterocycles. The summed E-state index contributed by atoms with van der Waals surface area (Å²) in [4.78, 5) is 0. The molecule has 2 heteroatoms. The molecule has 1 N–H and O–H groups in total. The lowest BCUT2D eigenvalue weighted by molar-refractivity contribution is 1.08. The van der Waals surface area contributed by atoms with Gasteiger partial charge in [-0.2, -0.15) is 5.10 Å². The number of aromatic nitrogens is 2. The molecule has 2 nitrogen and oxygen atoms in total. The van der Waals surface area contributed by atoms with Crippen molar-refractivity contribution in [3.8, 4) is 5.92 Å². The van der Waals surface area contributed by atoms with Crippen LogP contribution in [0.15, 0.2) is 6.20 Å². The Morgan fingerprint density at radius 2 is 2.62 bits per heavy atom. The molecule has 0 bridgehead atoms. The standard InChI is InChI=1S/C6H5N2/c1-3-6-5(2)4-7-8-6/h4H,2H3,(H,7,8). The van der Waals surface area contributed by atoms with Crippen molar-refractivity contribution in [2.75, 3.05) is 0 Å². The summed E-state index contributed by atoms with van der Waals surface area (Å²) in [7, 11) is 0. The van der Waals surface area contributed by atoms with Crippen LogP contribution in [-0.2, 0) is 0 Å². The molecule has 0 atom stereocenters. The number of H-pyrrole nitrogens is 1. The molecule has 1 aromatic rings. The van der Waals surface area contributed by atoms with Crippen LogP contribution in [0.3, 0.4) is 0 Å². The minimum absolute atomic E-state index is 0.588. The van der Waals surface area contributed by atoms with Crippen LogP contribution in [0.4, 0.5) is 0 Å². The lowest BCUT2D eigenvalue weighted by Gasteiger charge is -1.76. The fourth-order valence-electron chi connectivity index (χ4n) is 0.477. The lowest BCUT2D eigenvalue weighted by atomic mass is 10.3. The summed E-state index contributed by atoms with van der Waals surface area (Å²) in [5, 5.41) is 6.33. The first-order valence-electron chi connectivity index (χ1n) is 2.27. The van der Waals surface area contributed by atoms with Crippen LogP contribution in [0, 0.1) is 19.3 Å². The monoisotopic (exact) mass is 105 g/mol. The molecular formula is C6H5N2. The van der Waals surface area contributed by atoms with Gasteiger partial charge < -0.3 is 0 Å². The van der Waals surface area contributed by atoms with E-state index in [-0.39, 0.29) is 0 Å². The summed E-state index contributed by atoms with van der Waals surface area (Å²) in [6.45, 7) is 1.88.